The van der Waals surface area contributed by atoms with Crippen LogP contribution in [0.3, 0.4) is 0 Å². The largest absolute Gasteiger partial charge is 0.492 e. The number of rotatable bonds is 5. The molecule has 0 amide bonds. The van der Waals surface area contributed by atoms with Crippen molar-refractivity contribution in [2.45, 2.75) is 12.8 Å². The Morgan fingerprint density at radius 3 is 2.48 bits per heavy atom. The second kappa shape index (κ2) is 6.64. The summed E-state index contributed by atoms with van der Waals surface area (Å²) in [6, 6.07) is 7.17. The van der Waals surface area contributed by atoms with Crippen molar-refractivity contribution in [2.24, 2.45) is 5.92 Å². The number of carbonyl (C=O) groups excluding carboxylic acids is 1. The van der Waals surface area contributed by atoms with E-state index in [0.717, 1.165) is 10.6 Å². The topological polar surface area (TPSA) is 38.8 Å². The van der Waals surface area contributed by atoms with Gasteiger partial charge in [-0.2, -0.15) is 13.2 Å². The maximum Gasteiger partial charge on any atom is 0.492 e. The van der Waals surface area contributed by atoms with Crippen LogP contribution in [0.25, 0.3) is 0 Å². The summed E-state index contributed by atoms with van der Waals surface area (Å²) in [5, 5.41) is 1.62. The lowest BCUT2D eigenvalue weighted by Crippen LogP contribution is -2.50. The molecule has 0 bridgehead atoms. The Bertz CT molecular complexity index is 486. The fraction of sp³-hybridized carbons (Fsp3) is 0.462. The molecule has 0 N–H and O–H groups in total. The highest BCUT2D eigenvalue weighted by Crippen LogP contribution is 2.22. The van der Waals surface area contributed by atoms with Crippen molar-refractivity contribution in [3.8, 4) is 0 Å². The summed E-state index contributed by atoms with van der Waals surface area (Å²) in [5.74, 6) is -2.14. The molecule has 1 fully saturated rings. The molecule has 2 rings (SSSR count). The smallest absolute Gasteiger partial charge is 0.376 e. The zero-order valence-electron chi connectivity index (χ0n) is 10.9. The number of alkyl halides is 3. The number of nitrogens with zero attached hydrogens (tertiary/aromatic N) is 1. The quantitative estimate of drug-likeness (QED) is 0.835. The molecule has 4 nitrogen and oxygen atoms in total. The Balaban J connectivity index is 1.61. The van der Waals surface area contributed by atoms with Crippen molar-refractivity contribution in [2.75, 3.05) is 19.7 Å². The number of hydrogen-bond donors (Lipinski definition) is 0. The number of halogens is 4. The van der Waals surface area contributed by atoms with E-state index in [-0.39, 0.29) is 19.0 Å². The average Bonchev–Trinajstić information content (AvgIpc) is 2.36. The van der Waals surface area contributed by atoms with Gasteiger partial charge >= 0.3 is 12.1 Å². The summed E-state index contributed by atoms with van der Waals surface area (Å²) in [4.78, 5) is 14.7. The maximum atomic E-state index is 12.0. The Labute approximate surface area is 124 Å². The van der Waals surface area contributed by atoms with Gasteiger partial charge in [0.05, 0.1) is 13.2 Å². The van der Waals surface area contributed by atoms with Crippen LogP contribution in [0, 0.1) is 5.92 Å². The molecule has 0 aliphatic carbocycles. The van der Waals surface area contributed by atoms with Gasteiger partial charge in [-0.05, 0) is 17.7 Å². The summed E-state index contributed by atoms with van der Waals surface area (Å²) in [6.07, 6.45) is -4.96. The van der Waals surface area contributed by atoms with Crippen LogP contribution in [0.4, 0.5) is 13.2 Å². The molecule has 0 radical (unpaired) electrons. The van der Waals surface area contributed by atoms with Gasteiger partial charge in [-0.3, -0.25) is 0 Å². The second-order valence-electron chi connectivity index (χ2n) is 4.73. The zero-order valence-corrected chi connectivity index (χ0v) is 11.7. The summed E-state index contributed by atoms with van der Waals surface area (Å²) in [7, 11) is 0. The van der Waals surface area contributed by atoms with Crippen molar-refractivity contribution in [1.82, 2.24) is 5.06 Å². The minimum absolute atomic E-state index is 0.0540. The monoisotopic (exact) mass is 323 g/mol. The lowest BCUT2D eigenvalue weighted by atomic mass is 10.0. The highest BCUT2D eigenvalue weighted by Gasteiger charge is 2.44. The van der Waals surface area contributed by atoms with Crippen LogP contribution >= 0.6 is 11.6 Å². The Hall–Kier alpha value is -1.31. The molecular formula is C13H13ClF3NO3. The first-order chi connectivity index (χ1) is 9.84. The van der Waals surface area contributed by atoms with E-state index in [0.29, 0.717) is 18.2 Å². The van der Waals surface area contributed by atoms with E-state index in [1.165, 1.54) is 0 Å². The van der Waals surface area contributed by atoms with E-state index in [1.807, 2.05) is 12.1 Å². The van der Waals surface area contributed by atoms with Crippen molar-refractivity contribution in [3.05, 3.63) is 34.9 Å². The van der Waals surface area contributed by atoms with Gasteiger partial charge in [0.1, 0.15) is 0 Å². The van der Waals surface area contributed by atoms with Gasteiger partial charge in [-0.25, -0.2) is 4.79 Å². The van der Waals surface area contributed by atoms with Gasteiger partial charge in [0.15, 0.2) is 0 Å². The van der Waals surface area contributed by atoms with E-state index in [9.17, 15) is 18.0 Å². The molecule has 1 saturated heterocycles. The Morgan fingerprint density at radius 1 is 1.29 bits per heavy atom. The first-order valence-corrected chi connectivity index (χ1v) is 6.58. The van der Waals surface area contributed by atoms with Gasteiger partial charge in [0.25, 0.3) is 0 Å². The van der Waals surface area contributed by atoms with Crippen molar-refractivity contribution >= 4 is 17.6 Å². The molecule has 8 heteroatoms. The van der Waals surface area contributed by atoms with Gasteiger partial charge in [-0.1, -0.05) is 23.7 Å². The zero-order chi connectivity index (χ0) is 15.5. The van der Waals surface area contributed by atoms with E-state index in [4.69, 9.17) is 16.3 Å². The molecule has 0 spiro atoms. The number of hydrogen-bond acceptors (Lipinski definition) is 4. The van der Waals surface area contributed by atoms with Crippen molar-refractivity contribution < 1.29 is 27.5 Å². The van der Waals surface area contributed by atoms with Gasteiger partial charge in [0, 0.05) is 24.0 Å². The third-order valence-electron chi connectivity index (χ3n) is 2.90. The minimum Gasteiger partial charge on any atom is -0.376 e. The third kappa shape index (κ3) is 4.87. The van der Waals surface area contributed by atoms with E-state index < -0.39 is 12.1 Å². The standard InChI is InChI=1S/C13H13ClF3NO3/c14-11-3-1-9(2-4-11)7-20-8-10-5-18(6-10)21-12(19)13(15,16)17/h1-4,10H,5-8H2. The Kier molecular flexibility index (Phi) is 5.08. The molecular weight excluding hydrogens is 311 g/mol. The van der Waals surface area contributed by atoms with Gasteiger partial charge in [0.2, 0.25) is 0 Å². The van der Waals surface area contributed by atoms with Gasteiger partial charge < -0.3 is 9.57 Å². The SMILES string of the molecule is O=C(ON1CC(COCc2ccc(Cl)cc2)C1)C(F)(F)F. The van der Waals surface area contributed by atoms with Crippen LogP contribution in [0.2, 0.25) is 5.02 Å². The molecule has 0 atom stereocenters. The Morgan fingerprint density at radius 2 is 1.90 bits per heavy atom. The fourth-order valence-corrected chi connectivity index (χ4v) is 1.92. The second-order valence-corrected chi connectivity index (χ2v) is 5.17. The number of benzene rings is 1. The van der Waals surface area contributed by atoms with Crippen LogP contribution < -0.4 is 0 Å². The predicted octanol–water partition coefficient (Wildman–Crippen LogP) is 2.81. The average molecular weight is 324 g/mol. The first-order valence-electron chi connectivity index (χ1n) is 6.21. The molecule has 1 heterocycles. The molecule has 116 valence electrons. The van der Waals surface area contributed by atoms with Crippen LogP contribution in [0.15, 0.2) is 24.3 Å². The highest BCUT2D eigenvalue weighted by atomic mass is 35.5. The van der Waals surface area contributed by atoms with Crippen LogP contribution in [0.5, 0.6) is 0 Å². The molecule has 0 saturated carbocycles. The fourth-order valence-electron chi connectivity index (χ4n) is 1.80. The number of ether oxygens (including phenoxy) is 1. The minimum atomic E-state index is -4.96. The lowest BCUT2D eigenvalue weighted by Gasteiger charge is -2.36. The van der Waals surface area contributed by atoms with Crippen molar-refractivity contribution in [1.29, 1.82) is 0 Å². The van der Waals surface area contributed by atoms with Crippen LogP contribution in [0.1, 0.15) is 5.56 Å². The number of carbonyl (C=O) groups is 1. The first kappa shape index (κ1) is 16.1. The van der Waals surface area contributed by atoms with E-state index in [1.54, 1.807) is 12.1 Å². The summed E-state index contributed by atoms with van der Waals surface area (Å²) in [6.45, 7) is 1.27. The third-order valence-corrected chi connectivity index (χ3v) is 3.15. The molecule has 0 unspecified atom stereocenters. The normalized spacial score (nSPS) is 16.6. The van der Waals surface area contributed by atoms with Gasteiger partial charge in [-0.15, -0.1) is 5.06 Å². The lowest BCUT2D eigenvalue weighted by molar-refractivity contribution is -0.261. The van der Waals surface area contributed by atoms with Crippen LogP contribution in [-0.4, -0.2) is 36.9 Å². The van der Waals surface area contributed by atoms with Crippen LogP contribution in [-0.2, 0) is 21.0 Å². The summed E-state index contributed by atoms with van der Waals surface area (Å²) >= 11 is 5.75. The maximum absolute atomic E-state index is 12.0. The molecule has 1 aliphatic heterocycles. The molecule has 0 aromatic heterocycles. The summed E-state index contributed by atoms with van der Waals surface area (Å²) in [5.41, 5.74) is 0.957. The summed E-state index contributed by atoms with van der Waals surface area (Å²) < 4.78 is 41.3. The highest BCUT2D eigenvalue weighted by molar-refractivity contribution is 6.30. The van der Waals surface area contributed by atoms with E-state index in [2.05, 4.69) is 4.84 Å². The number of hydroxylamine groups is 2. The molecule has 1 aromatic carbocycles. The predicted molar refractivity (Wildman–Crippen MR) is 68.3 cm³/mol. The molecule has 1 aliphatic rings. The molecule has 21 heavy (non-hydrogen) atoms. The molecule has 1 aromatic rings. The van der Waals surface area contributed by atoms with E-state index >= 15 is 0 Å². The van der Waals surface area contributed by atoms with Crippen molar-refractivity contribution in [3.63, 3.8) is 0 Å².